The minimum atomic E-state index is -0.619. The van der Waals surface area contributed by atoms with Gasteiger partial charge in [-0.1, -0.05) is 116 Å². The maximum Gasteiger partial charge on any atom is 0.121 e. The fourth-order valence-corrected chi connectivity index (χ4v) is 4.46. The summed E-state index contributed by atoms with van der Waals surface area (Å²) in [5, 5.41) is 5.46. The summed E-state index contributed by atoms with van der Waals surface area (Å²) in [5.74, 6) is -0.619. The Kier molecular flexibility index (Phi) is 14.3. The number of fused-ring (bicyclic) bond motifs is 1. The number of halogens is 2. The van der Waals surface area contributed by atoms with E-state index in [0.717, 1.165) is 15.1 Å². The van der Waals surface area contributed by atoms with Crippen LogP contribution in [0.15, 0.2) is 127 Å². The average molecular weight is 592 g/mol. The Balaban J connectivity index is 0.000000193. The van der Waals surface area contributed by atoms with Gasteiger partial charge in [0.1, 0.15) is 9.52 Å². The van der Waals surface area contributed by atoms with E-state index in [1.54, 1.807) is 12.1 Å². The minimum absolute atomic E-state index is 0.0332. The van der Waals surface area contributed by atoms with E-state index in [4.69, 9.17) is 24.3 Å². The third kappa shape index (κ3) is 11.9. The Morgan fingerprint density at radius 2 is 1.29 bits per heavy atom. The van der Waals surface area contributed by atoms with Gasteiger partial charge in [0.25, 0.3) is 0 Å². The minimum Gasteiger partial charge on any atom is -0.168 e. The van der Waals surface area contributed by atoms with Crippen LogP contribution in [0.25, 0.3) is 16.5 Å². The molecule has 194 valence electrons. The third-order valence-electron chi connectivity index (χ3n) is 5.37. The Labute approximate surface area is 246 Å². The van der Waals surface area contributed by atoms with Crippen LogP contribution in [0, 0.1) is 0 Å². The Hall–Kier alpha value is -2.53. The number of hydrogen-bond acceptors (Lipinski definition) is 1. The zero-order chi connectivity index (χ0) is 27.8. The van der Waals surface area contributed by atoms with Crippen LogP contribution in [0.2, 0.25) is 0 Å². The molecule has 0 aliphatic carbocycles. The zero-order valence-corrected chi connectivity index (χ0v) is 25.9. The first-order chi connectivity index (χ1) is 18.2. The zero-order valence-electron chi connectivity index (χ0n) is 21.8. The summed E-state index contributed by atoms with van der Waals surface area (Å²) in [6.45, 7) is 6.25. The van der Waals surface area contributed by atoms with Crippen molar-refractivity contribution < 1.29 is 21.8 Å². The van der Waals surface area contributed by atoms with Gasteiger partial charge in [-0.25, -0.2) is 0 Å². The van der Waals surface area contributed by atoms with E-state index in [0.29, 0.717) is 5.56 Å². The Morgan fingerprint density at radius 1 is 0.763 bits per heavy atom. The molecule has 0 aromatic heterocycles. The molecule has 0 saturated heterocycles. The van der Waals surface area contributed by atoms with Crippen LogP contribution in [0.4, 0.5) is 0 Å². The molecule has 2 nitrogen and oxygen atoms in total. The van der Waals surface area contributed by atoms with Gasteiger partial charge in [-0.15, -0.1) is 29.7 Å². The topological polar surface area (TPSA) is 40.9 Å². The number of carbonyl (C=O) groups is 1. The summed E-state index contributed by atoms with van der Waals surface area (Å²) in [6.07, 6.45) is 0. The van der Waals surface area contributed by atoms with Gasteiger partial charge in [0.05, 0.1) is 5.91 Å². The van der Waals surface area contributed by atoms with Crippen LogP contribution in [0.5, 0.6) is 0 Å². The second-order valence-electron chi connectivity index (χ2n) is 9.24. The molecule has 0 spiro atoms. The number of carbonyl (C=O) groups excluding carboxylic acids is 1. The molecule has 5 aromatic rings. The van der Waals surface area contributed by atoms with Gasteiger partial charge < -0.3 is 10.5 Å². The van der Waals surface area contributed by atoms with Crippen molar-refractivity contribution in [2.75, 3.05) is 0 Å². The number of rotatable bonds is 3. The maximum atomic E-state index is 10.8. The normalized spacial score (nSPS) is 10.0. The second-order valence-corrected chi connectivity index (χ2v) is 13.2. The number of benzene rings is 4. The van der Waals surface area contributed by atoms with Crippen LogP contribution in [-0.2, 0) is 22.4 Å². The average Bonchev–Trinajstić information content (AvgIpc) is 3.40. The largest absolute Gasteiger partial charge is 0.168 e. The third-order valence-corrected chi connectivity index (χ3v) is 6.62. The van der Waals surface area contributed by atoms with Crippen LogP contribution in [-0.4, -0.2) is 15.4 Å². The Morgan fingerprint density at radius 3 is 1.79 bits per heavy atom. The van der Waals surface area contributed by atoms with Crippen LogP contribution >= 0.6 is 18.6 Å². The Bertz CT molecular complexity index is 1280. The smallest absolute Gasteiger partial charge is 0.121 e. The van der Waals surface area contributed by atoms with E-state index in [1.807, 2.05) is 12.1 Å². The molecule has 2 radical (unpaired) electrons. The first-order valence-electron chi connectivity index (χ1n) is 12.0. The van der Waals surface area contributed by atoms with E-state index in [1.165, 1.54) is 21.1 Å². The molecule has 5 rings (SSSR count). The number of hydrogen-bond donors (Lipinski definition) is 0. The molecule has 1 amide bonds. The van der Waals surface area contributed by atoms with Crippen molar-refractivity contribution in [3.8, 4) is 0 Å². The van der Waals surface area contributed by atoms with Gasteiger partial charge in [-0.3, -0.25) is 0 Å². The molecule has 38 heavy (non-hydrogen) atoms. The van der Waals surface area contributed by atoms with Crippen LogP contribution < -0.4 is 10.4 Å². The van der Waals surface area contributed by atoms with Crippen LogP contribution in [0.1, 0.15) is 36.7 Å². The van der Waals surface area contributed by atoms with E-state index in [2.05, 4.69) is 124 Å². The summed E-state index contributed by atoms with van der Waals surface area (Å²) < 4.78 is 0. The van der Waals surface area contributed by atoms with E-state index < -0.39 is 22.9 Å². The van der Waals surface area contributed by atoms with E-state index in [9.17, 15) is 4.79 Å². The van der Waals surface area contributed by atoms with E-state index >= 15 is 0 Å². The predicted molar refractivity (Wildman–Crippen MR) is 163 cm³/mol. The fourth-order valence-electron chi connectivity index (χ4n) is 3.41. The molecule has 1 N–H and O–H groups in total. The van der Waals surface area contributed by atoms with Crippen molar-refractivity contribution in [2.45, 2.75) is 26.2 Å². The van der Waals surface area contributed by atoms with Crippen molar-refractivity contribution in [1.82, 2.24) is 0 Å². The van der Waals surface area contributed by atoms with Crippen molar-refractivity contribution in [2.24, 2.45) is 0 Å². The van der Waals surface area contributed by atoms with Gasteiger partial charge >= 0.3 is 35.6 Å². The molecule has 0 atom stereocenters. The summed E-state index contributed by atoms with van der Waals surface area (Å²) in [5.41, 5.74) is 8.57. The molecule has 0 heterocycles. The predicted octanol–water partition coefficient (Wildman–Crippen LogP) is 8.45. The molecule has 5 aromatic carbocycles. The number of nitrogens with one attached hydrogen (secondary N) is 1. The SMILES string of the molecule is CC(C)(C)c1cccc(C([NH-])=O)c1.[Cl][Ti][Cl].c1ccc([Si]c2ccccc2)cc1.c1ccc2[cH-]ccc2c1. The molecular formula is C32H31Cl2NOSiTi-2. The molecule has 0 bridgehead atoms. The van der Waals surface area contributed by atoms with Crippen molar-refractivity contribution in [3.63, 3.8) is 0 Å². The first-order valence-corrected chi connectivity index (χ1v) is 17.3. The first kappa shape index (κ1) is 31.7. The summed E-state index contributed by atoms with van der Waals surface area (Å²) in [7, 11) is 10.6. The monoisotopic (exact) mass is 591 g/mol. The molecule has 6 heteroatoms. The quantitative estimate of drug-likeness (QED) is 0.153. The van der Waals surface area contributed by atoms with Gasteiger partial charge in [0.2, 0.25) is 0 Å². The standard InChI is InChI=1S/C12H10Si.C11H15NO.C9H7.2ClH.Ti/c1-3-7-11(8-4-1)13-12-9-5-2-6-10-12;1-11(2,3)9-6-4-5-8(7-9)10(12)13;1-2-5-9-7-3-6-8(9)4-1;;;/h1-10H;4-7H,1-3H3,(H2,12,13);1-7H;2*1H;/q;;-1;;;+2/p-3. The molecule has 0 saturated carbocycles. The fraction of sp³-hybridized carbons (Fsp3) is 0.125. The molecule has 0 unspecified atom stereocenters. The number of amides is 1. The van der Waals surface area contributed by atoms with Crippen molar-refractivity contribution in [1.29, 1.82) is 0 Å². The van der Waals surface area contributed by atoms with Gasteiger partial charge in [0, 0.05) is 0 Å². The molecule has 0 aliphatic rings. The maximum absolute atomic E-state index is 10.8. The van der Waals surface area contributed by atoms with Crippen LogP contribution in [0.3, 0.4) is 0 Å². The van der Waals surface area contributed by atoms with E-state index in [-0.39, 0.29) is 5.41 Å². The van der Waals surface area contributed by atoms with Crippen molar-refractivity contribution in [3.05, 3.63) is 144 Å². The van der Waals surface area contributed by atoms with Gasteiger partial charge in [-0.2, -0.15) is 17.5 Å². The summed E-state index contributed by atoms with van der Waals surface area (Å²) >= 11 is -0.556. The second kappa shape index (κ2) is 17.1. The molecule has 0 aliphatic heterocycles. The van der Waals surface area contributed by atoms with Gasteiger partial charge in [-0.05, 0) is 22.6 Å². The summed E-state index contributed by atoms with van der Waals surface area (Å²) in [6, 6.07) is 43.1. The summed E-state index contributed by atoms with van der Waals surface area (Å²) in [4.78, 5) is 10.8. The van der Waals surface area contributed by atoms with Crippen molar-refractivity contribution >= 4 is 55.2 Å². The molecular weight excluding hydrogens is 561 g/mol. The molecule has 0 fully saturated rings. The van der Waals surface area contributed by atoms with Gasteiger partial charge in [0.15, 0.2) is 0 Å².